The number of hydrogen-bond acceptors (Lipinski definition) is 3. The molecule has 3 aromatic rings. The minimum absolute atomic E-state index is 0.608. The van der Waals surface area contributed by atoms with Crippen molar-refractivity contribution < 1.29 is 0 Å². The molecule has 0 unspecified atom stereocenters. The van der Waals surface area contributed by atoms with E-state index < -0.39 is 0 Å². The molecule has 0 bridgehead atoms. The Morgan fingerprint density at radius 3 is 2.80 bits per heavy atom. The second-order valence-electron chi connectivity index (χ2n) is 4.73. The van der Waals surface area contributed by atoms with Crippen LogP contribution in [0.15, 0.2) is 42.5 Å². The van der Waals surface area contributed by atoms with Crippen molar-refractivity contribution in [2.75, 3.05) is 0 Å². The second kappa shape index (κ2) is 5.51. The van der Waals surface area contributed by atoms with E-state index in [0.717, 1.165) is 41.0 Å². The van der Waals surface area contributed by atoms with Crippen LogP contribution >= 0.6 is 12.2 Å². The lowest BCUT2D eigenvalue weighted by molar-refractivity contribution is 0.872. The molecule has 2 aromatic heterocycles. The average molecular weight is 281 g/mol. The molecule has 0 aliphatic carbocycles. The van der Waals surface area contributed by atoms with Crippen molar-refractivity contribution in [3.05, 3.63) is 52.8 Å². The van der Waals surface area contributed by atoms with E-state index in [1.807, 2.05) is 30.3 Å². The topological polar surface area (TPSA) is 41.6 Å². The van der Waals surface area contributed by atoms with E-state index >= 15 is 0 Å². The average Bonchev–Trinajstić information content (AvgIpc) is 2.46. The van der Waals surface area contributed by atoms with Gasteiger partial charge < -0.3 is 4.98 Å². The predicted molar refractivity (Wildman–Crippen MR) is 84.2 cm³/mol. The Bertz CT molecular complexity index is 808. The van der Waals surface area contributed by atoms with Crippen LogP contribution in [0.4, 0.5) is 0 Å². The predicted octanol–water partition coefficient (Wildman–Crippen LogP) is 4.31. The van der Waals surface area contributed by atoms with Crippen molar-refractivity contribution in [1.82, 2.24) is 15.0 Å². The number of aromatic amines is 1. The van der Waals surface area contributed by atoms with Crippen LogP contribution in [0.25, 0.3) is 22.4 Å². The lowest BCUT2D eigenvalue weighted by atomic mass is 10.2. The van der Waals surface area contributed by atoms with Gasteiger partial charge in [-0.25, -0.2) is 9.97 Å². The Hall–Kier alpha value is -2.07. The van der Waals surface area contributed by atoms with Crippen molar-refractivity contribution in [2.24, 2.45) is 0 Å². The minimum Gasteiger partial charge on any atom is -0.342 e. The zero-order valence-corrected chi connectivity index (χ0v) is 12.1. The molecule has 4 heteroatoms. The third-order valence-corrected chi connectivity index (χ3v) is 3.37. The fourth-order valence-corrected chi connectivity index (χ4v) is 2.46. The molecule has 0 aliphatic heterocycles. The van der Waals surface area contributed by atoms with Gasteiger partial charge in [0.2, 0.25) is 0 Å². The summed E-state index contributed by atoms with van der Waals surface area (Å²) < 4.78 is 0.608. The van der Waals surface area contributed by atoms with Gasteiger partial charge >= 0.3 is 0 Å². The molecule has 1 aromatic carbocycles. The molecule has 1 N–H and O–H groups in total. The number of pyridine rings is 1. The van der Waals surface area contributed by atoms with Crippen molar-refractivity contribution in [2.45, 2.75) is 19.8 Å². The van der Waals surface area contributed by atoms with Crippen LogP contribution in [0.1, 0.15) is 19.0 Å². The van der Waals surface area contributed by atoms with Crippen molar-refractivity contribution in [1.29, 1.82) is 0 Å². The maximum absolute atomic E-state index is 5.24. The van der Waals surface area contributed by atoms with E-state index in [9.17, 15) is 0 Å². The number of H-pyrrole nitrogens is 1. The zero-order valence-electron chi connectivity index (χ0n) is 11.3. The number of aromatic nitrogens is 3. The minimum atomic E-state index is 0.608. The summed E-state index contributed by atoms with van der Waals surface area (Å²) in [6, 6.07) is 14.0. The molecular weight excluding hydrogens is 266 g/mol. The molecule has 0 atom stereocenters. The molecule has 0 amide bonds. The summed E-state index contributed by atoms with van der Waals surface area (Å²) in [6.07, 6.45) is 2.03. The highest BCUT2D eigenvalue weighted by molar-refractivity contribution is 7.71. The number of nitrogens with zero attached hydrogens (tertiary/aromatic N) is 2. The summed E-state index contributed by atoms with van der Waals surface area (Å²) in [6.45, 7) is 2.14. The Kier molecular flexibility index (Phi) is 3.56. The number of rotatable bonds is 3. The first kappa shape index (κ1) is 12.9. The third-order valence-electron chi connectivity index (χ3n) is 3.16. The van der Waals surface area contributed by atoms with Crippen LogP contribution in [0.5, 0.6) is 0 Å². The highest BCUT2D eigenvalue weighted by Crippen LogP contribution is 2.18. The number of hydrogen-bond donors (Lipinski definition) is 1. The molecule has 0 fully saturated rings. The van der Waals surface area contributed by atoms with Crippen LogP contribution in [-0.4, -0.2) is 15.0 Å². The summed E-state index contributed by atoms with van der Waals surface area (Å²) in [5.74, 6) is 0.742. The first-order chi connectivity index (χ1) is 9.76. The standard InChI is InChI=1S/C16H15N3S/c1-2-5-12-10-15(20)19-16(17-12)14-9-8-11-6-3-4-7-13(11)18-14/h3-4,6-10H,2,5H2,1H3,(H,17,19,20). The number of nitrogens with one attached hydrogen (secondary N) is 1. The normalized spacial score (nSPS) is 10.8. The van der Waals surface area contributed by atoms with Crippen molar-refractivity contribution in [3.8, 4) is 11.5 Å². The van der Waals surface area contributed by atoms with Gasteiger partial charge in [0.25, 0.3) is 0 Å². The van der Waals surface area contributed by atoms with E-state index in [4.69, 9.17) is 12.2 Å². The van der Waals surface area contributed by atoms with E-state index in [0.29, 0.717) is 4.64 Å². The van der Waals surface area contributed by atoms with Gasteiger partial charge in [0.1, 0.15) is 10.3 Å². The van der Waals surface area contributed by atoms with Crippen molar-refractivity contribution >= 4 is 23.1 Å². The van der Waals surface area contributed by atoms with Gasteiger partial charge in [-0.1, -0.05) is 49.8 Å². The van der Waals surface area contributed by atoms with Gasteiger partial charge in [-0.05, 0) is 24.6 Å². The molecule has 0 spiro atoms. The van der Waals surface area contributed by atoms with Crippen LogP contribution in [0.3, 0.4) is 0 Å². The summed E-state index contributed by atoms with van der Waals surface area (Å²) in [7, 11) is 0. The number of aryl methyl sites for hydroxylation is 1. The van der Waals surface area contributed by atoms with Crippen LogP contribution in [-0.2, 0) is 6.42 Å². The molecule has 3 rings (SSSR count). The van der Waals surface area contributed by atoms with E-state index in [1.54, 1.807) is 0 Å². The lowest BCUT2D eigenvalue weighted by Crippen LogP contribution is -1.97. The molecule has 2 heterocycles. The van der Waals surface area contributed by atoms with Crippen molar-refractivity contribution in [3.63, 3.8) is 0 Å². The van der Waals surface area contributed by atoms with Gasteiger partial charge in [-0.15, -0.1) is 0 Å². The van der Waals surface area contributed by atoms with E-state index in [1.165, 1.54) is 0 Å². The number of benzene rings is 1. The van der Waals surface area contributed by atoms with Gasteiger partial charge in [0.05, 0.1) is 5.52 Å². The summed E-state index contributed by atoms with van der Waals surface area (Å²) in [4.78, 5) is 12.4. The number of para-hydroxylation sites is 1. The fourth-order valence-electron chi connectivity index (χ4n) is 2.23. The van der Waals surface area contributed by atoms with Gasteiger partial charge in [0, 0.05) is 11.1 Å². The van der Waals surface area contributed by atoms with Gasteiger partial charge in [0.15, 0.2) is 5.82 Å². The molecule has 20 heavy (non-hydrogen) atoms. The van der Waals surface area contributed by atoms with Gasteiger partial charge in [-0.3, -0.25) is 0 Å². The Labute approximate surface area is 122 Å². The molecule has 100 valence electrons. The second-order valence-corrected chi connectivity index (χ2v) is 5.15. The molecule has 0 aliphatic rings. The smallest absolute Gasteiger partial charge is 0.157 e. The molecular formula is C16H15N3S. The Balaban J connectivity index is 2.12. The van der Waals surface area contributed by atoms with Gasteiger partial charge in [-0.2, -0.15) is 0 Å². The highest BCUT2D eigenvalue weighted by Gasteiger charge is 2.05. The van der Waals surface area contributed by atoms with Crippen LogP contribution < -0.4 is 0 Å². The lowest BCUT2D eigenvalue weighted by Gasteiger charge is -2.05. The SMILES string of the molecule is CCCc1cc(=S)nc(-c2ccc3ccccc3n2)[nH]1. The molecule has 0 saturated heterocycles. The van der Waals surface area contributed by atoms with Crippen LogP contribution in [0, 0.1) is 4.64 Å². The van der Waals surface area contributed by atoms with E-state index in [2.05, 4.69) is 34.0 Å². The Morgan fingerprint density at radius 2 is 1.95 bits per heavy atom. The summed E-state index contributed by atoms with van der Waals surface area (Å²) in [5.41, 5.74) is 2.90. The van der Waals surface area contributed by atoms with E-state index in [-0.39, 0.29) is 0 Å². The maximum atomic E-state index is 5.24. The van der Waals surface area contributed by atoms with Crippen LogP contribution in [0.2, 0.25) is 0 Å². The Morgan fingerprint density at radius 1 is 1.10 bits per heavy atom. The monoisotopic (exact) mass is 281 g/mol. The summed E-state index contributed by atoms with van der Waals surface area (Å²) >= 11 is 5.24. The quantitative estimate of drug-likeness (QED) is 0.727. The summed E-state index contributed by atoms with van der Waals surface area (Å²) in [5, 5.41) is 1.12. The molecule has 0 saturated carbocycles. The first-order valence-corrected chi connectivity index (χ1v) is 7.13. The molecule has 0 radical (unpaired) electrons. The largest absolute Gasteiger partial charge is 0.342 e. The fraction of sp³-hybridized carbons (Fsp3) is 0.188. The molecule has 3 nitrogen and oxygen atoms in total. The first-order valence-electron chi connectivity index (χ1n) is 6.72. The highest BCUT2D eigenvalue weighted by atomic mass is 32.1. The third kappa shape index (κ3) is 2.60. The number of fused-ring (bicyclic) bond motifs is 1. The zero-order chi connectivity index (χ0) is 13.9. The maximum Gasteiger partial charge on any atom is 0.157 e.